The standard InChI is InChI=1S/C21H21ClN4O3S2/c1-13-4-9-17(29-3)19(12-13)31(27,28)23-11-10-18-14(2)26-21(30-18)24-20(25-26)15-5-7-16(22)8-6-15/h4-9,12,23H,10-11H2,1-3H3. The van der Waals surface area contributed by atoms with Crippen molar-refractivity contribution in [3.05, 3.63) is 63.6 Å². The van der Waals surface area contributed by atoms with Gasteiger partial charge in [0.2, 0.25) is 15.0 Å². The number of hydrogen-bond donors (Lipinski definition) is 1. The molecule has 1 N–H and O–H groups in total. The topological polar surface area (TPSA) is 85.6 Å². The van der Waals surface area contributed by atoms with Crippen LogP contribution in [0.2, 0.25) is 5.02 Å². The highest BCUT2D eigenvalue weighted by molar-refractivity contribution is 7.89. The van der Waals surface area contributed by atoms with Gasteiger partial charge in [0.15, 0.2) is 5.82 Å². The van der Waals surface area contributed by atoms with E-state index in [9.17, 15) is 8.42 Å². The van der Waals surface area contributed by atoms with Crippen LogP contribution in [-0.4, -0.2) is 36.7 Å². The molecule has 0 saturated carbocycles. The molecule has 0 unspecified atom stereocenters. The average Bonchev–Trinajstić information content (AvgIpc) is 3.28. The van der Waals surface area contributed by atoms with Gasteiger partial charge in [-0.25, -0.2) is 17.7 Å². The van der Waals surface area contributed by atoms with Gasteiger partial charge < -0.3 is 4.74 Å². The van der Waals surface area contributed by atoms with E-state index >= 15 is 0 Å². The number of fused-ring (bicyclic) bond motifs is 1. The van der Waals surface area contributed by atoms with Crippen LogP contribution >= 0.6 is 22.9 Å². The predicted molar refractivity (Wildman–Crippen MR) is 123 cm³/mol. The number of hydrogen-bond acceptors (Lipinski definition) is 6. The van der Waals surface area contributed by atoms with E-state index in [-0.39, 0.29) is 11.4 Å². The first-order valence-corrected chi connectivity index (χ1v) is 12.2. The number of halogens is 1. The van der Waals surface area contributed by atoms with Crippen molar-refractivity contribution in [2.24, 2.45) is 0 Å². The van der Waals surface area contributed by atoms with Gasteiger partial charge in [0.1, 0.15) is 10.6 Å². The van der Waals surface area contributed by atoms with Gasteiger partial charge in [-0.2, -0.15) is 4.98 Å². The number of thiazole rings is 1. The Morgan fingerprint density at radius 1 is 1.16 bits per heavy atom. The smallest absolute Gasteiger partial charge is 0.244 e. The second-order valence-corrected chi connectivity index (χ2v) is 10.3. The third kappa shape index (κ3) is 4.45. The molecule has 0 aliphatic rings. The van der Waals surface area contributed by atoms with Crippen molar-refractivity contribution in [3.63, 3.8) is 0 Å². The van der Waals surface area contributed by atoms with Gasteiger partial charge >= 0.3 is 0 Å². The van der Waals surface area contributed by atoms with Gasteiger partial charge in [-0.3, -0.25) is 0 Å². The summed E-state index contributed by atoms with van der Waals surface area (Å²) in [5.41, 5.74) is 2.68. The van der Waals surface area contributed by atoms with Crippen LogP contribution in [0.3, 0.4) is 0 Å². The van der Waals surface area contributed by atoms with Crippen molar-refractivity contribution in [3.8, 4) is 17.1 Å². The molecule has 4 aromatic rings. The summed E-state index contributed by atoms with van der Waals surface area (Å²) in [6.45, 7) is 4.06. The molecule has 162 valence electrons. The number of nitrogens with one attached hydrogen (secondary N) is 1. The van der Waals surface area contributed by atoms with Crippen LogP contribution < -0.4 is 9.46 Å². The van der Waals surface area contributed by atoms with Crippen LogP contribution in [0.15, 0.2) is 47.4 Å². The lowest BCUT2D eigenvalue weighted by atomic mass is 10.2. The fraction of sp³-hybridized carbons (Fsp3) is 0.238. The molecule has 0 radical (unpaired) electrons. The van der Waals surface area contributed by atoms with Crippen molar-refractivity contribution >= 4 is 37.9 Å². The summed E-state index contributed by atoms with van der Waals surface area (Å²) in [5.74, 6) is 0.951. The van der Waals surface area contributed by atoms with E-state index in [2.05, 4.69) is 14.8 Å². The maximum Gasteiger partial charge on any atom is 0.244 e. The van der Waals surface area contributed by atoms with Gasteiger partial charge in [0.05, 0.1) is 12.8 Å². The Hall–Kier alpha value is -2.46. The number of rotatable bonds is 7. The van der Waals surface area contributed by atoms with Crippen LogP contribution in [0.5, 0.6) is 5.75 Å². The Morgan fingerprint density at radius 3 is 2.58 bits per heavy atom. The lowest BCUT2D eigenvalue weighted by Crippen LogP contribution is -2.26. The fourth-order valence-electron chi connectivity index (χ4n) is 3.21. The molecule has 0 atom stereocenters. The summed E-state index contributed by atoms with van der Waals surface area (Å²) in [4.78, 5) is 6.53. The van der Waals surface area contributed by atoms with E-state index < -0.39 is 10.0 Å². The molecule has 31 heavy (non-hydrogen) atoms. The van der Waals surface area contributed by atoms with Crippen LogP contribution in [0.4, 0.5) is 0 Å². The van der Waals surface area contributed by atoms with Crippen molar-refractivity contribution in [1.29, 1.82) is 0 Å². The molecule has 0 spiro atoms. The Bertz CT molecular complexity index is 1350. The van der Waals surface area contributed by atoms with E-state index in [1.165, 1.54) is 18.4 Å². The third-order valence-corrected chi connectivity index (χ3v) is 7.80. The van der Waals surface area contributed by atoms with E-state index in [0.29, 0.717) is 23.0 Å². The second-order valence-electron chi connectivity index (χ2n) is 7.05. The number of aromatic nitrogens is 3. The molecule has 2 heterocycles. The normalized spacial score (nSPS) is 11.9. The Kier molecular flexibility index (Phi) is 6.02. The molecule has 2 aromatic heterocycles. The number of methoxy groups -OCH3 is 1. The Labute approximate surface area is 189 Å². The lowest BCUT2D eigenvalue weighted by molar-refractivity contribution is 0.402. The highest BCUT2D eigenvalue weighted by Gasteiger charge is 2.20. The van der Waals surface area contributed by atoms with E-state index in [1.807, 2.05) is 32.0 Å². The first-order chi connectivity index (χ1) is 14.8. The number of nitrogens with zero attached hydrogens (tertiary/aromatic N) is 3. The van der Waals surface area contributed by atoms with Gasteiger partial charge in [-0.1, -0.05) is 29.0 Å². The number of sulfonamides is 1. The predicted octanol–water partition coefficient (Wildman–Crippen LogP) is 4.26. The van der Waals surface area contributed by atoms with Gasteiger partial charge in [-0.05, 0) is 62.2 Å². The van der Waals surface area contributed by atoms with Crippen molar-refractivity contribution in [1.82, 2.24) is 19.3 Å². The fourth-order valence-corrected chi connectivity index (χ4v) is 5.67. The SMILES string of the molecule is COc1ccc(C)cc1S(=O)(=O)NCCc1sc2nc(-c3ccc(Cl)cc3)nn2c1C. The quantitative estimate of drug-likeness (QED) is 0.430. The molecular weight excluding hydrogens is 456 g/mol. The highest BCUT2D eigenvalue weighted by atomic mass is 35.5. The lowest BCUT2D eigenvalue weighted by Gasteiger charge is -2.11. The van der Waals surface area contributed by atoms with Gasteiger partial charge in [0, 0.05) is 22.0 Å². The van der Waals surface area contributed by atoms with Gasteiger partial charge in [-0.15, -0.1) is 5.10 Å². The molecule has 0 bridgehead atoms. The van der Waals surface area contributed by atoms with Crippen LogP contribution in [0.1, 0.15) is 16.1 Å². The molecule has 0 aliphatic carbocycles. The van der Waals surface area contributed by atoms with Crippen LogP contribution in [-0.2, 0) is 16.4 Å². The van der Waals surface area contributed by atoms with E-state index in [1.54, 1.807) is 28.8 Å². The maximum atomic E-state index is 12.8. The molecule has 10 heteroatoms. The summed E-state index contributed by atoms with van der Waals surface area (Å²) in [5, 5.41) is 5.25. The molecule has 0 saturated heterocycles. The Balaban J connectivity index is 1.49. The number of benzene rings is 2. The maximum absolute atomic E-state index is 12.8. The number of ether oxygens (including phenoxy) is 1. The van der Waals surface area contributed by atoms with Crippen molar-refractivity contribution < 1.29 is 13.2 Å². The van der Waals surface area contributed by atoms with Crippen LogP contribution in [0, 0.1) is 13.8 Å². The Morgan fingerprint density at radius 2 is 1.90 bits per heavy atom. The number of aryl methyl sites for hydroxylation is 2. The molecule has 7 nitrogen and oxygen atoms in total. The zero-order valence-electron chi connectivity index (χ0n) is 17.2. The van der Waals surface area contributed by atoms with E-state index in [0.717, 1.165) is 26.7 Å². The minimum Gasteiger partial charge on any atom is -0.495 e. The van der Waals surface area contributed by atoms with E-state index in [4.69, 9.17) is 16.3 Å². The molecular formula is C21H21ClN4O3S2. The summed E-state index contributed by atoms with van der Waals surface area (Å²) >= 11 is 7.45. The molecule has 0 fully saturated rings. The summed E-state index contributed by atoms with van der Waals surface area (Å²) < 4.78 is 35.2. The largest absolute Gasteiger partial charge is 0.495 e. The summed E-state index contributed by atoms with van der Waals surface area (Å²) in [6, 6.07) is 12.5. The average molecular weight is 477 g/mol. The highest BCUT2D eigenvalue weighted by Crippen LogP contribution is 2.27. The monoisotopic (exact) mass is 476 g/mol. The van der Waals surface area contributed by atoms with Crippen LogP contribution in [0.25, 0.3) is 16.3 Å². The zero-order chi connectivity index (χ0) is 22.2. The summed E-state index contributed by atoms with van der Waals surface area (Å²) in [6.07, 6.45) is 0.533. The zero-order valence-corrected chi connectivity index (χ0v) is 19.6. The van der Waals surface area contributed by atoms with Crippen molar-refractivity contribution in [2.75, 3.05) is 13.7 Å². The molecule has 4 rings (SSSR count). The van der Waals surface area contributed by atoms with Gasteiger partial charge in [0.25, 0.3) is 0 Å². The second kappa shape index (κ2) is 8.58. The minimum atomic E-state index is -3.69. The molecule has 2 aromatic carbocycles. The molecule has 0 amide bonds. The first-order valence-electron chi connectivity index (χ1n) is 9.54. The summed E-state index contributed by atoms with van der Waals surface area (Å²) in [7, 11) is -2.23. The third-order valence-electron chi connectivity index (χ3n) is 4.87. The first kappa shape index (κ1) is 21.8. The van der Waals surface area contributed by atoms with Crippen molar-refractivity contribution in [2.45, 2.75) is 25.2 Å². The minimum absolute atomic E-state index is 0.141. The molecule has 0 aliphatic heterocycles.